The maximum atomic E-state index is 13.9. The number of aromatic amines is 2. The second-order valence-corrected chi connectivity index (χ2v) is 16.4. The molecule has 14 heteroatoms. The Morgan fingerprint density at radius 2 is 1.26 bits per heavy atom. The minimum Gasteiger partial charge on any atom is -0.453 e. The highest BCUT2D eigenvalue weighted by molar-refractivity contribution is 5.87. The van der Waals surface area contributed by atoms with E-state index in [-0.39, 0.29) is 41.8 Å². The van der Waals surface area contributed by atoms with Crippen LogP contribution in [-0.2, 0) is 19.1 Å². The third-order valence-corrected chi connectivity index (χ3v) is 11.9. The number of nitrogens with zero attached hydrogens (tertiary/aromatic N) is 4. The fraction of sp³-hybridized carbons (Fsp3) is 0.488. The average molecular weight is 779 g/mol. The number of benzene rings is 2. The summed E-state index contributed by atoms with van der Waals surface area (Å²) in [7, 11) is 4.37. The van der Waals surface area contributed by atoms with Crippen molar-refractivity contribution in [3.05, 3.63) is 72.6 Å². The maximum absolute atomic E-state index is 13.9. The molecule has 4 amide bonds. The van der Waals surface area contributed by atoms with Gasteiger partial charge >= 0.3 is 12.2 Å². The number of H-pyrrole nitrogens is 2. The highest BCUT2D eigenvalue weighted by Crippen LogP contribution is 2.50. The van der Waals surface area contributed by atoms with E-state index in [0.29, 0.717) is 11.8 Å². The van der Waals surface area contributed by atoms with Gasteiger partial charge in [0, 0.05) is 13.1 Å². The Balaban J connectivity index is 1.03. The molecule has 2 aliphatic carbocycles. The van der Waals surface area contributed by atoms with Crippen LogP contribution in [0.3, 0.4) is 0 Å². The van der Waals surface area contributed by atoms with Gasteiger partial charge in [-0.15, -0.1) is 0 Å². The van der Waals surface area contributed by atoms with Gasteiger partial charge < -0.3 is 39.9 Å². The predicted octanol–water partition coefficient (Wildman–Crippen LogP) is 6.86. The number of likely N-dealkylation sites (N-methyl/N-ethyl adjacent to an activating group) is 1. The molecule has 57 heavy (non-hydrogen) atoms. The monoisotopic (exact) mass is 778 g/mol. The van der Waals surface area contributed by atoms with Gasteiger partial charge in [0.15, 0.2) is 0 Å². The lowest BCUT2D eigenvalue weighted by atomic mass is 9.95. The van der Waals surface area contributed by atoms with Crippen LogP contribution in [0.4, 0.5) is 9.59 Å². The summed E-state index contributed by atoms with van der Waals surface area (Å²) >= 11 is 0. The standard InChI is InChI=1S/C43H54N8O6/c1-23(2)34(48-42(54)56-6)40(52)50(5)36(29-16-17-29)38-44-21-32(46-38)27-12-8-25(9-13-27)26-10-14-28(15-11-26)33-22-45-39(47-33)37-30-18-19-31(20-30)51(37)41(53)35(24(3)4)49-43(55)57-7/h8-15,21-24,29-31,34-37H,16-20H2,1-7H3,(H,44,46)(H,45,47)(H,48,54)(H,49,55)/t30-,31-,34-,35+,36-,37+/m0/s1. The number of piperidine rings is 1. The van der Waals surface area contributed by atoms with E-state index >= 15 is 0 Å². The summed E-state index contributed by atoms with van der Waals surface area (Å²) in [4.78, 5) is 71.8. The van der Waals surface area contributed by atoms with Crippen molar-refractivity contribution in [3.63, 3.8) is 0 Å². The van der Waals surface area contributed by atoms with Gasteiger partial charge in [-0.05, 0) is 78.0 Å². The van der Waals surface area contributed by atoms with Crippen molar-refractivity contribution in [2.45, 2.75) is 90.0 Å². The summed E-state index contributed by atoms with van der Waals surface area (Å²) in [5, 5.41) is 5.45. The molecule has 3 aliphatic rings. The van der Waals surface area contributed by atoms with Crippen molar-refractivity contribution in [2.24, 2.45) is 23.7 Å². The van der Waals surface area contributed by atoms with Gasteiger partial charge in [-0.1, -0.05) is 76.2 Å². The van der Waals surface area contributed by atoms with Crippen molar-refractivity contribution >= 4 is 24.0 Å². The van der Waals surface area contributed by atoms with Crippen LogP contribution in [0.1, 0.15) is 83.5 Å². The van der Waals surface area contributed by atoms with E-state index in [1.807, 2.05) is 45.0 Å². The van der Waals surface area contributed by atoms with Crippen LogP contribution < -0.4 is 10.6 Å². The number of imidazole rings is 2. The van der Waals surface area contributed by atoms with Crippen LogP contribution in [0.15, 0.2) is 60.9 Å². The van der Waals surface area contributed by atoms with Gasteiger partial charge in [-0.25, -0.2) is 19.6 Å². The fourth-order valence-electron chi connectivity index (χ4n) is 8.66. The van der Waals surface area contributed by atoms with E-state index in [1.54, 1.807) is 11.9 Å². The Hall–Kier alpha value is -5.66. The molecule has 1 aliphatic heterocycles. The number of alkyl carbamates (subject to hydrolysis) is 2. The van der Waals surface area contributed by atoms with Gasteiger partial charge in [-0.3, -0.25) is 9.59 Å². The Morgan fingerprint density at radius 1 is 0.737 bits per heavy atom. The van der Waals surface area contributed by atoms with E-state index in [4.69, 9.17) is 19.4 Å². The molecule has 6 atom stereocenters. The minimum atomic E-state index is -0.714. The Morgan fingerprint density at radius 3 is 1.81 bits per heavy atom. The molecule has 1 saturated heterocycles. The molecule has 2 saturated carbocycles. The van der Waals surface area contributed by atoms with E-state index in [0.717, 1.165) is 77.4 Å². The summed E-state index contributed by atoms with van der Waals surface area (Å²) in [5.41, 5.74) is 5.82. The Bertz CT molecular complexity index is 2070. The number of ether oxygens (including phenoxy) is 2. The van der Waals surface area contributed by atoms with Crippen LogP contribution in [-0.4, -0.2) is 93.1 Å². The number of methoxy groups -OCH3 is 2. The molecule has 302 valence electrons. The van der Waals surface area contributed by atoms with E-state index in [2.05, 4.69) is 69.1 Å². The van der Waals surface area contributed by atoms with Crippen molar-refractivity contribution in [3.8, 4) is 33.6 Å². The van der Waals surface area contributed by atoms with Crippen LogP contribution in [0.25, 0.3) is 33.6 Å². The smallest absolute Gasteiger partial charge is 0.407 e. The first-order valence-electron chi connectivity index (χ1n) is 20.0. The highest BCUT2D eigenvalue weighted by atomic mass is 16.5. The second kappa shape index (κ2) is 16.4. The fourth-order valence-corrected chi connectivity index (χ4v) is 8.66. The molecular weight excluding hydrogens is 725 g/mol. The lowest BCUT2D eigenvalue weighted by Gasteiger charge is -2.37. The number of carbonyl (C=O) groups excluding carboxylic acids is 4. The zero-order chi connectivity index (χ0) is 40.5. The zero-order valence-electron chi connectivity index (χ0n) is 33.7. The number of nitrogens with one attached hydrogen (secondary N) is 4. The van der Waals surface area contributed by atoms with Crippen molar-refractivity contribution < 1.29 is 28.7 Å². The number of rotatable bonds is 13. The maximum Gasteiger partial charge on any atom is 0.407 e. The molecule has 2 bridgehead atoms. The quantitative estimate of drug-likeness (QED) is 0.114. The normalized spacial score (nSPS) is 20.3. The van der Waals surface area contributed by atoms with Gasteiger partial charge in [-0.2, -0.15) is 0 Å². The Kier molecular flexibility index (Phi) is 11.4. The topological polar surface area (TPSA) is 175 Å². The summed E-state index contributed by atoms with van der Waals surface area (Å²) < 4.78 is 9.58. The van der Waals surface area contributed by atoms with Crippen molar-refractivity contribution in [2.75, 3.05) is 21.3 Å². The number of aromatic nitrogens is 4. The molecule has 0 radical (unpaired) electrons. The molecule has 0 spiro atoms. The minimum absolute atomic E-state index is 0.0953. The molecule has 2 aromatic heterocycles. The number of hydrogen-bond acceptors (Lipinski definition) is 8. The summed E-state index contributed by atoms with van der Waals surface area (Å²) in [6, 6.07) is 14.9. The van der Waals surface area contributed by atoms with Gasteiger partial charge in [0.1, 0.15) is 23.7 Å². The predicted molar refractivity (Wildman–Crippen MR) is 214 cm³/mol. The highest BCUT2D eigenvalue weighted by Gasteiger charge is 2.51. The number of carbonyl (C=O) groups is 4. The van der Waals surface area contributed by atoms with Crippen molar-refractivity contribution in [1.82, 2.24) is 40.4 Å². The van der Waals surface area contributed by atoms with E-state index < -0.39 is 24.3 Å². The molecule has 2 aromatic carbocycles. The first-order chi connectivity index (χ1) is 27.4. The largest absolute Gasteiger partial charge is 0.453 e. The Labute approximate surface area is 333 Å². The number of amides is 4. The van der Waals surface area contributed by atoms with Gasteiger partial charge in [0.25, 0.3) is 0 Å². The summed E-state index contributed by atoms with van der Waals surface area (Å²) in [6.07, 6.45) is 7.33. The third-order valence-electron chi connectivity index (χ3n) is 11.9. The molecule has 3 heterocycles. The van der Waals surface area contributed by atoms with E-state index in [1.165, 1.54) is 14.2 Å². The van der Waals surface area contributed by atoms with Crippen LogP contribution in [0.2, 0.25) is 0 Å². The van der Waals surface area contributed by atoms with Gasteiger partial charge in [0.2, 0.25) is 11.8 Å². The van der Waals surface area contributed by atoms with Crippen molar-refractivity contribution in [1.29, 1.82) is 0 Å². The average Bonchev–Trinajstić information content (AvgIpc) is 3.59. The molecule has 14 nitrogen and oxygen atoms in total. The zero-order valence-corrected chi connectivity index (χ0v) is 33.7. The summed E-state index contributed by atoms with van der Waals surface area (Å²) in [5.74, 6) is 1.59. The van der Waals surface area contributed by atoms with Crippen LogP contribution >= 0.6 is 0 Å². The second-order valence-electron chi connectivity index (χ2n) is 16.4. The van der Waals surface area contributed by atoms with E-state index in [9.17, 15) is 19.2 Å². The van der Waals surface area contributed by atoms with Crippen LogP contribution in [0.5, 0.6) is 0 Å². The first kappa shape index (κ1) is 39.6. The molecular formula is C43H54N8O6. The molecule has 4 aromatic rings. The number of fused-ring (bicyclic) bond motifs is 2. The lowest BCUT2D eigenvalue weighted by Crippen LogP contribution is -2.54. The number of hydrogen-bond donors (Lipinski definition) is 4. The van der Waals surface area contributed by atoms with Gasteiger partial charge in [0.05, 0.1) is 50.1 Å². The summed E-state index contributed by atoms with van der Waals surface area (Å²) in [6.45, 7) is 7.64. The molecule has 0 unspecified atom stereocenters. The molecule has 3 fully saturated rings. The lowest BCUT2D eigenvalue weighted by molar-refractivity contribution is -0.139. The molecule has 7 rings (SSSR count). The first-order valence-corrected chi connectivity index (χ1v) is 20.0. The third kappa shape index (κ3) is 8.12. The van der Waals surface area contributed by atoms with Crippen LogP contribution in [0, 0.1) is 23.7 Å². The molecule has 4 N–H and O–H groups in total. The SMILES string of the molecule is COC(=O)N[C@H](C(=O)N(C)[C@H](c1ncc(-c2ccc(-c3ccc(-c4cnc([C@H]5[C@H]6CC[C@@H](C6)N5C(=O)[C@H](NC(=O)OC)C(C)C)[nH]4)cc3)cc2)[nH]1)C1CC1)C(C)C. The number of likely N-dealkylation sites (tertiary alicyclic amines) is 1.